The number of carbonyl (C=O) groups is 1. The molecule has 18 heavy (non-hydrogen) atoms. The summed E-state index contributed by atoms with van der Waals surface area (Å²) in [5.74, 6) is 1.50. The van der Waals surface area contributed by atoms with E-state index in [1.165, 1.54) is 12.0 Å². The summed E-state index contributed by atoms with van der Waals surface area (Å²) in [6.45, 7) is 11.0. The van der Waals surface area contributed by atoms with Gasteiger partial charge in [-0.25, -0.2) is 4.79 Å². The topological polar surface area (TPSA) is 38.3 Å². The number of hydrogen-bond acceptors (Lipinski definition) is 2. The molecule has 3 aliphatic carbocycles. The van der Waals surface area contributed by atoms with Crippen molar-refractivity contribution >= 4 is 6.09 Å². The number of amides is 1. The Bertz CT molecular complexity index is 376. The van der Waals surface area contributed by atoms with Crippen molar-refractivity contribution in [2.45, 2.75) is 53.1 Å². The highest BCUT2D eigenvalue weighted by Crippen LogP contribution is 2.57. The van der Waals surface area contributed by atoms with Crippen LogP contribution < -0.4 is 5.32 Å². The molecule has 3 aliphatic rings. The predicted molar refractivity (Wildman–Crippen MR) is 72.3 cm³/mol. The van der Waals surface area contributed by atoms with Gasteiger partial charge in [0.25, 0.3) is 0 Å². The van der Waals surface area contributed by atoms with Gasteiger partial charge in [-0.3, -0.25) is 0 Å². The van der Waals surface area contributed by atoms with Crippen LogP contribution in [0.15, 0.2) is 11.6 Å². The fourth-order valence-corrected chi connectivity index (χ4v) is 2.99. The first-order chi connectivity index (χ1) is 8.18. The van der Waals surface area contributed by atoms with E-state index >= 15 is 0 Å². The van der Waals surface area contributed by atoms with Crippen molar-refractivity contribution in [2.75, 3.05) is 6.54 Å². The average molecular weight is 251 g/mol. The second-order valence-corrected chi connectivity index (χ2v) is 7.24. The molecule has 0 spiro atoms. The minimum atomic E-state index is -0.421. The molecule has 3 nitrogen and oxygen atoms in total. The summed E-state index contributed by atoms with van der Waals surface area (Å²) in [5.41, 5.74) is 1.41. The van der Waals surface area contributed by atoms with E-state index in [2.05, 4.69) is 25.2 Å². The molecule has 3 heteroatoms. The quantitative estimate of drug-likeness (QED) is 0.763. The smallest absolute Gasteiger partial charge is 0.407 e. The van der Waals surface area contributed by atoms with Crippen molar-refractivity contribution < 1.29 is 9.53 Å². The maximum absolute atomic E-state index is 11.6. The van der Waals surface area contributed by atoms with Crippen molar-refractivity contribution in [1.29, 1.82) is 0 Å². The number of hydrogen-bond donors (Lipinski definition) is 1. The van der Waals surface area contributed by atoms with Crippen LogP contribution in [0, 0.1) is 17.3 Å². The molecule has 0 heterocycles. The van der Waals surface area contributed by atoms with Crippen LogP contribution in [0.3, 0.4) is 0 Å². The van der Waals surface area contributed by atoms with Crippen LogP contribution in [0.5, 0.6) is 0 Å². The normalized spacial score (nSPS) is 29.1. The Morgan fingerprint density at radius 3 is 2.61 bits per heavy atom. The highest BCUT2D eigenvalue weighted by Gasteiger charge is 2.49. The lowest BCUT2D eigenvalue weighted by Crippen LogP contribution is -2.47. The van der Waals surface area contributed by atoms with Crippen molar-refractivity contribution in [2.24, 2.45) is 17.3 Å². The summed E-state index contributed by atoms with van der Waals surface area (Å²) < 4.78 is 5.23. The van der Waals surface area contributed by atoms with Gasteiger partial charge in [0.15, 0.2) is 0 Å². The lowest BCUT2D eigenvalue weighted by atomic mass is 9.50. The first-order valence-corrected chi connectivity index (χ1v) is 6.85. The maximum atomic E-state index is 11.6. The van der Waals surface area contributed by atoms with Crippen molar-refractivity contribution in [3.63, 3.8) is 0 Å². The summed E-state index contributed by atoms with van der Waals surface area (Å²) >= 11 is 0. The number of carbonyl (C=O) groups excluding carboxylic acids is 1. The third-order valence-corrected chi connectivity index (χ3v) is 4.35. The first kappa shape index (κ1) is 13.4. The van der Waals surface area contributed by atoms with Crippen molar-refractivity contribution in [1.82, 2.24) is 5.32 Å². The summed E-state index contributed by atoms with van der Waals surface area (Å²) in [4.78, 5) is 11.6. The molecule has 0 aromatic rings. The minimum Gasteiger partial charge on any atom is -0.444 e. The van der Waals surface area contributed by atoms with E-state index in [9.17, 15) is 4.79 Å². The van der Waals surface area contributed by atoms with E-state index in [0.717, 1.165) is 12.3 Å². The van der Waals surface area contributed by atoms with Gasteiger partial charge in [-0.15, -0.1) is 0 Å². The third-order valence-electron chi connectivity index (χ3n) is 4.35. The zero-order valence-electron chi connectivity index (χ0n) is 12.2. The Morgan fingerprint density at radius 2 is 2.17 bits per heavy atom. The van der Waals surface area contributed by atoms with E-state index in [0.29, 0.717) is 17.9 Å². The highest BCUT2D eigenvalue weighted by molar-refractivity contribution is 5.68. The number of fused-ring (bicyclic) bond motifs is 1. The molecule has 2 bridgehead atoms. The van der Waals surface area contributed by atoms with Crippen LogP contribution in [0.25, 0.3) is 0 Å². The molecular formula is C15H25NO2. The van der Waals surface area contributed by atoms with Gasteiger partial charge in [0, 0.05) is 6.54 Å². The Kier molecular flexibility index (Phi) is 3.20. The zero-order valence-corrected chi connectivity index (χ0v) is 12.2. The van der Waals surface area contributed by atoms with E-state index in [1.807, 2.05) is 20.8 Å². The van der Waals surface area contributed by atoms with Crippen molar-refractivity contribution in [3.05, 3.63) is 11.6 Å². The first-order valence-electron chi connectivity index (χ1n) is 6.85. The molecule has 2 unspecified atom stereocenters. The fraction of sp³-hybridized carbons (Fsp3) is 0.800. The summed E-state index contributed by atoms with van der Waals surface area (Å²) in [7, 11) is 0. The molecule has 102 valence electrons. The lowest BCUT2D eigenvalue weighted by Gasteiger charge is -2.55. The lowest BCUT2D eigenvalue weighted by molar-refractivity contribution is -0.00154. The predicted octanol–water partition coefficient (Wildman–Crippen LogP) is 3.50. The molecule has 1 fully saturated rings. The van der Waals surface area contributed by atoms with Gasteiger partial charge in [0.1, 0.15) is 5.60 Å². The van der Waals surface area contributed by atoms with E-state index < -0.39 is 5.60 Å². The van der Waals surface area contributed by atoms with Gasteiger partial charge in [-0.05, 0) is 50.9 Å². The standard InChI is InChI=1S/C15H25NO2/c1-14(2,3)18-13(17)16-9-10-6-11-8-12(7-10)15(11,4)5/h6,11-12H,7-9H2,1-5H3,(H,16,17). The Labute approximate surface area is 110 Å². The maximum Gasteiger partial charge on any atom is 0.407 e. The van der Waals surface area contributed by atoms with Crippen LogP contribution in [0.1, 0.15) is 47.5 Å². The fourth-order valence-electron chi connectivity index (χ4n) is 2.99. The second-order valence-electron chi connectivity index (χ2n) is 7.24. The number of nitrogens with one attached hydrogen (secondary N) is 1. The van der Waals surface area contributed by atoms with E-state index in [-0.39, 0.29) is 6.09 Å². The van der Waals surface area contributed by atoms with Gasteiger partial charge in [0.05, 0.1) is 0 Å². The van der Waals surface area contributed by atoms with Crippen molar-refractivity contribution in [3.8, 4) is 0 Å². The third kappa shape index (κ3) is 2.70. The van der Waals surface area contributed by atoms with Crippen LogP contribution in [0.4, 0.5) is 4.79 Å². The number of rotatable bonds is 2. The molecule has 1 N–H and O–H groups in total. The van der Waals surface area contributed by atoms with Crippen LogP contribution >= 0.6 is 0 Å². The average Bonchev–Trinajstić information content (AvgIpc) is 2.24. The molecule has 0 aliphatic heterocycles. The Morgan fingerprint density at radius 1 is 1.50 bits per heavy atom. The zero-order chi connectivity index (χ0) is 13.6. The number of ether oxygens (including phenoxy) is 1. The molecule has 0 aromatic carbocycles. The minimum absolute atomic E-state index is 0.318. The van der Waals surface area contributed by atoms with Gasteiger partial charge in [-0.1, -0.05) is 25.5 Å². The monoisotopic (exact) mass is 251 g/mol. The van der Waals surface area contributed by atoms with E-state index in [4.69, 9.17) is 4.74 Å². The molecule has 0 saturated heterocycles. The van der Waals surface area contributed by atoms with Crippen LogP contribution in [-0.2, 0) is 4.74 Å². The molecule has 0 aromatic heterocycles. The molecule has 3 rings (SSSR count). The Balaban J connectivity index is 1.81. The van der Waals surface area contributed by atoms with Crippen LogP contribution in [0.2, 0.25) is 0 Å². The molecule has 0 radical (unpaired) electrons. The summed E-state index contributed by atoms with van der Waals surface area (Å²) in [6, 6.07) is 0. The molecular weight excluding hydrogens is 226 g/mol. The second kappa shape index (κ2) is 4.29. The van der Waals surface area contributed by atoms with Gasteiger partial charge < -0.3 is 10.1 Å². The largest absolute Gasteiger partial charge is 0.444 e. The summed E-state index contributed by atoms with van der Waals surface area (Å²) in [5, 5.41) is 2.85. The van der Waals surface area contributed by atoms with Gasteiger partial charge >= 0.3 is 6.09 Å². The van der Waals surface area contributed by atoms with Crippen LogP contribution in [-0.4, -0.2) is 18.2 Å². The highest BCUT2D eigenvalue weighted by atomic mass is 16.6. The van der Waals surface area contributed by atoms with Gasteiger partial charge in [-0.2, -0.15) is 0 Å². The SMILES string of the molecule is CC(C)(C)OC(=O)NCC1=CC2CC(C1)C2(C)C. The Hall–Kier alpha value is -0.990. The summed E-state index contributed by atoms with van der Waals surface area (Å²) in [6.07, 6.45) is 4.49. The number of alkyl carbamates (subject to hydrolysis) is 1. The molecule has 1 amide bonds. The van der Waals surface area contributed by atoms with E-state index in [1.54, 1.807) is 0 Å². The molecule has 2 atom stereocenters. The number of allylic oxidation sites excluding steroid dienone is 1. The van der Waals surface area contributed by atoms with Gasteiger partial charge in [0.2, 0.25) is 0 Å². The molecule has 1 saturated carbocycles.